The SMILES string of the molecule is CCCC(C)Oc1cc(F)cc(CNC)c1. The highest BCUT2D eigenvalue weighted by molar-refractivity contribution is 5.29. The summed E-state index contributed by atoms with van der Waals surface area (Å²) < 4.78 is 18.9. The predicted molar refractivity (Wildman–Crippen MR) is 64.2 cm³/mol. The molecule has 0 amide bonds. The summed E-state index contributed by atoms with van der Waals surface area (Å²) in [6, 6.07) is 4.84. The molecule has 1 aromatic carbocycles. The molecule has 0 radical (unpaired) electrons. The molecule has 1 atom stereocenters. The number of hydrogen-bond acceptors (Lipinski definition) is 2. The minimum absolute atomic E-state index is 0.134. The topological polar surface area (TPSA) is 21.3 Å². The molecule has 1 aromatic rings. The third kappa shape index (κ3) is 4.19. The van der Waals surface area contributed by atoms with Crippen LogP contribution in [-0.2, 0) is 6.54 Å². The lowest BCUT2D eigenvalue weighted by Crippen LogP contribution is -2.12. The molecule has 1 rings (SSSR count). The van der Waals surface area contributed by atoms with E-state index in [0.717, 1.165) is 18.4 Å². The van der Waals surface area contributed by atoms with E-state index in [4.69, 9.17) is 4.74 Å². The van der Waals surface area contributed by atoms with Crippen molar-refractivity contribution >= 4 is 0 Å². The van der Waals surface area contributed by atoms with Crippen LogP contribution in [0.2, 0.25) is 0 Å². The van der Waals surface area contributed by atoms with Crippen molar-refractivity contribution in [2.45, 2.75) is 39.3 Å². The summed E-state index contributed by atoms with van der Waals surface area (Å²) in [5.41, 5.74) is 0.904. The van der Waals surface area contributed by atoms with Crippen LogP contribution >= 0.6 is 0 Å². The van der Waals surface area contributed by atoms with E-state index in [0.29, 0.717) is 12.3 Å². The van der Waals surface area contributed by atoms with Crippen molar-refractivity contribution in [2.24, 2.45) is 0 Å². The monoisotopic (exact) mass is 225 g/mol. The molecule has 16 heavy (non-hydrogen) atoms. The molecule has 3 heteroatoms. The Hall–Kier alpha value is -1.09. The highest BCUT2D eigenvalue weighted by atomic mass is 19.1. The fraction of sp³-hybridized carbons (Fsp3) is 0.538. The van der Waals surface area contributed by atoms with Crippen LogP contribution in [0.4, 0.5) is 4.39 Å². The van der Waals surface area contributed by atoms with Crippen LogP contribution in [0.25, 0.3) is 0 Å². The largest absolute Gasteiger partial charge is 0.491 e. The van der Waals surface area contributed by atoms with E-state index in [1.54, 1.807) is 0 Å². The molecule has 0 aliphatic carbocycles. The number of hydrogen-bond donors (Lipinski definition) is 1. The summed E-state index contributed by atoms with van der Waals surface area (Å²) in [6.07, 6.45) is 2.19. The normalized spacial score (nSPS) is 12.5. The first-order valence-electron chi connectivity index (χ1n) is 5.76. The van der Waals surface area contributed by atoms with Crippen LogP contribution < -0.4 is 10.1 Å². The second-order valence-corrected chi connectivity index (χ2v) is 4.04. The van der Waals surface area contributed by atoms with Crippen LogP contribution in [0.15, 0.2) is 18.2 Å². The Bertz CT molecular complexity index is 328. The fourth-order valence-electron chi connectivity index (χ4n) is 1.69. The zero-order valence-corrected chi connectivity index (χ0v) is 10.2. The molecule has 0 saturated heterocycles. The van der Waals surface area contributed by atoms with Crippen LogP contribution in [0.3, 0.4) is 0 Å². The Morgan fingerprint density at radius 2 is 2.12 bits per heavy atom. The van der Waals surface area contributed by atoms with Gasteiger partial charge in [-0.25, -0.2) is 4.39 Å². The van der Waals surface area contributed by atoms with Gasteiger partial charge in [-0.3, -0.25) is 0 Å². The lowest BCUT2D eigenvalue weighted by atomic mass is 10.2. The highest BCUT2D eigenvalue weighted by Crippen LogP contribution is 2.18. The number of nitrogens with one attached hydrogen (secondary N) is 1. The van der Waals surface area contributed by atoms with Gasteiger partial charge in [0.15, 0.2) is 0 Å². The molecule has 0 fully saturated rings. The first kappa shape index (κ1) is 13.0. The quantitative estimate of drug-likeness (QED) is 0.803. The highest BCUT2D eigenvalue weighted by Gasteiger charge is 2.05. The van der Waals surface area contributed by atoms with E-state index < -0.39 is 0 Å². The lowest BCUT2D eigenvalue weighted by molar-refractivity contribution is 0.209. The maximum Gasteiger partial charge on any atom is 0.127 e. The first-order chi connectivity index (χ1) is 7.65. The Morgan fingerprint density at radius 3 is 2.75 bits per heavy atom. The fourth-order valence-corrected chi connectivity index (χ4v) is 1.69. The number of halogens is 1. The van der Waals surface area contributed by atoms with Gasteiger partial charge in [0.05, 0.1) is 6.10 Å². The first-order valence-corrected chi connectivity index (χ1v) is 5.76. The minimum atomic E-state index is -0.244. The lowest BCUT2D eigenvalue weighted by Gasteiger charge is -2.14. The molecule has 1 unspecified atom stereocenters. The minimum Gasteiger partial charge on any atom is -0.491 e. The Kier molecular flexibility index (Phi) is 5.26. The molecule has 0 aromatic heterocycles. The molecule has 90 valence electrons. The molecular formula is C13H20FNO. The van der Waals surface area contributed by atoms with Gasteiger partial charge in [0.2, 0.25) is 0 Å². The third-order valence-electron chi connectivity index (χ3n) is 2.34. The third-order valence-corrected chi connectivity index (χ3v) is 2.34. The number of ether oxygens (including phenoxy) is 1. The summed E-state index contributed by atoms with van der Waals surface area (Å²) in [7, 11) is 1.84. The second-order valence-electron chi connectivity index (χ2n) is 4.04. The van der Waals surface area contributed by atoms with Crippen molar-refractivity contribution in [3.05, 3.63) is 29.6 Å². The van der Waals surface area contributed by atoms with E-state index >= 15 is 0 Å². The number of benzene rings is 1. The van der Waals surface area contributed by atoms with E-state index in [9.17, 15) is 4.39 Å². The van der Waals surface area contributed by atoms with Gasteiger partial charge >= 0.3 is 0 Å². The van der Waals surface area contributed by atoms with E-state index in [1.165, 1.54) is 12.1 Å². The van der Waals surface area contributed by atoms with Crippen molar-refractivity contribution < 1.29 is 9.13 Å². The molecule has 2 nitrogen and oxygen atoms in total. The van der Waals surface area contributed by atoms with Crippen LogP contribution in [-0.4, -0.2) is 13.2 Å². The summed E-state index contributed by atoms with van der Waals surface area (Å²) in [6.45, 7) is 4.76. The average molecular weight is 225 g/mol. The maximum atomic E-state index is 13.3. The molecule has 0 bridgehead atoms. The van der Waals surface area contributed by atoms with Gasteiger partial charge in [0.25, 0.3) is 0 Å². The van der Waals surface area contributed by atoms with Gasteiger partial charge in [-0.05, 0) is 38.1 Å². The molecule has 0 heterocycles. The van der Waals surface area contributed by atoms with Crippen molar-refractivity contribution in [3.8, 4) is 5.75 Å². The van der Waals surface area contributed by atoms with Gasteiger partial charge in [0.1, 0.15) is 11.6 Å². The number of rotatable bonds is 6. The summed E-state index contributed by atoms with van der Waals surface area (Å²) in [4.78, 5) is 0. The van der Waals surface area contributed by atoms with E-state index in [2.05, 4.69) is 12.2 Å². The van der Waals surface area contributed by atoms with Crippen molar-refractivity contribution in [3.63, 3.8) is 0 Å². The van der Waals surface area contributed by atoms with Crippen LogP contribution in [0.5, 0.6) is 5.75 Å². The van der Waals surface area contributed by atoms with E-state index in [1.807, 2.05) is 20.0 Å². The Balaban J connectivity index is 2.71. The van der Waals surface area contributed by atoms with Gasteiger partial charge in [0, 0.05) is 12.6 Å². The Morgan fingerprint density at radius 1 is 1.38 bits per heavy atom. The van der Waals surface area contributed by atoms with Crippen molar-refractivity contribution in [1.29, 1.82) is 0 Å². The summed E-state index contributed by atoms with van der Waals surface area (Å²) in [5.74, 6) is 0.373. The van der Waals surface area contributed by atoms with Crippen LogP contribution in [0, 0.1) is 5.82 Å². The predicted octanol–water partition coefficient (Wildman–Crippen LogP) is 3.11. The van der Waals surface area contributed by atoms with E-state index in [-0.39, 0.29) is 11.9 Å². The van der Waals surface area contributed by atoms with Gasteiger partial charge in [-0.2, -0.15) is 0 Å². The molecular weight excluding hydrogens is 205 g/mol. The maximum absolute atomic E-state index is 13.3. The van der Waals surface area contributed by atoms with Gasteiger partial charge < -0.3 is 10.1 Å². The van der Waals surface area contributed by atoms with Crippen molar-refractivity contribution in [1.82, 2.24) is 5.32 Å². The molecule has 0 spiro atoms. The molecule has 0 aliphatic rings. The summed E-state index contributed by atoms with van der Waals surface area (Å²) >= 11 is 0. The van der Waals surface area contributed by atoms with Gasteiger partial charge in [-0.15, -0.1) is 0 Å². The standard InChI is InChI=1S/C13H20FNO/c1-4-5-10(2)16-13-7-11(9-15-3)6-12(14)8-13/h6-8,10,15H,4-5,9H2,1-3H3. The van der Waals surface area contributed by atoms with Gasteiger partial charge in [-0.1, -0.05) is 13.3 Å². The zero-order chi connectivity index (χ0) is 12.0. The summed E-state index contributed by atoms with van der Waals surface area (Å²) in [5, 5.41) is 2.99. The van der Waals surface area contributed by atoms with Crippen molar-refractivity contribution in [2.75, 3.05) is 7.05 Å². The Labute approximate surface area is 96.8 Å². The zero-order valence-electron chi connectivity index (χ0n) is 10.2. The van der Waals surface area contributed by atoms with Crippen LogP contribution in [0.1, 0.15) is 32.3 Å². The molecule has 1 N–H and O–H groups in total. The smallest absolute Gasteiger partial charge is 0.127 e. The molecule has 0 saturated carbocycles. The molecule has 0 aliphatic heterocycles. The second kappa shape index (κ2) is 6.48. The average Bonchev–Trinajstić information content (AvgIpc) is 2.17.